The maximum Gasteiger partial charge on any atom is 0.219 e. The van der Waals surface area contributed by atoms with Crippen molar-refractivity contribution < 1.29 is 59.2 Å². The standard InChI is InChI=1S/C23H43N3O12/c1-12(29)26-16-18(32)21(38-23-20(34)19(33)17(31)13(10-27)36-23)14(11-28)37-22(16)35-9-5-8-25-15(30)6-3-2-4-7-24/h13-14,16-23,27-28,31-34H,2-11,24H2,1H3,(H,25,30)(H,26,29)/t13-,14-,16-,17-,18-,19+,20+,21-,22-,23?/m1/s1. The second-order valence-corrected chi connectivity index (χ2v) is 9.41. The Hall–Kier alpha value is -1.50. The Bertz CT molecular complexity index is 717. The number of carbonyl (C=O) groups excluding carboxylic acids is 2. The minimum Gasteiger partial charge on any atom is -0.394 e. The van der Waals surface area contributed by atoms with Crippen LogP contribution in [0.1, 0.15) is 39.0 Å². The zero-order valence-electron chi connectivity index (χ0n) is 21.6. The Morgan fingerprint density at radius 2 is 1.55 bits per heavy atom. The number of ether oxygens (including phenoxy) is 4. The number of rotatable bonds is 15. The zero-order chi connectivity index (χ0) is 28.2. The number of nitrogens with two attached hydrogens (primary N) is 1. The molecule has 0 aliphatic carbocycles. The topological polar surface area (TPSA) is 243 Å². The van der Waals surface area contributed by atoms with E-state index in [1.54, 1.807) is 0 Å². The molecule has 0 bridgehead atoms. The summed E-state index contributed by atoms with van der Waals surface area (Å²) in [6.07, 6.45) is -9.87. The summed E-state index contributed by atoms with van der Waals surface area (Å²) in [5.41, 5.74) is 5.43. The summed E-state index contributed by atoms with van der Waals surface area (Å²) in [5.74, 6) is -0.599. The zero-order valence-corrected chi connectivity index (χ0v) is 21.6. The Balaban J connectivity index is 1.95. The SMILES string of the molecule is CC(=O)N[C@H]1[C@H](OCCCNC(=O)CCCCCN)O[C@H](CO)[C@@H](OC2O[C@H](CO)[C@@H](O)[C@H](O)[C@@H]2O)[C@@H]1O. The number of amides is 2. The minimum absolute atomic E-state index is 0.0870. The normalized spacial score (nSPS) is 35.6. The molecule has 0 saturated carbocycles. The smallest absolute Gasteiger partial charge is 0.219 e. The fourth-order valence-electron chi connectivity index (χ4n) is 4.29. The average Bonchev–Trinajstić information content (AvgIpc) is 2.89. The van der Waals surface area contributed by atoms with Crippen molar-refractivity contribution in [3.05, 3.63) is 0 Å². The number of nitrogens with one attached hydrogen (secondary N) is 2. The molecule has 0 spiro atoms. The number of aliphatic hydroxyl groups is 6. The highest BCUT2D eigenvalue weighted by atomic mass is 16.7. The van der Waals surface area contributed by atoms with Gasteiger partial charge in [-0.1, -0.05) is 6.42 Å². The Kier molecular flexibility index (Phi) is 14.3. The molecule has 2 saturated heterocycles. The van der Waals surface area contributed by atoms with E-state index in [9.17, 15) is 40.2 Å². The van der Waals surface area contributed by atoms with Gasteiger partial charge in [0.2, 0.25) is 11.8 Å². The van der Waals surface area contributed by atoms with Crippen molar-refractivity contribution in [2.45, 2.75) is 100 Å². The molecule has 1 unspecified atom stereocenters. The molecule has 0 aromatic rings. The van der Waals surface area contributed by atoms with Crippen molar-refractivity contribution in [3.8, 4) is 0 Å². The van der Waals surface area contributed by atoms with Gasteiger partial charge in [0.25, 0.3) is 0 Å². The lowest BCUT2D eigenvalue weighted by atomic mass is 9.95. The average molecular weight is 554 g/mol. The molecule has 0 aromatic heterocycles. The van der Waals surface area contributed by atoms with E-state index < -0.39 is 80.5 Å². The monoisotopic (exact) mass is 553 g/mol. The Morgan fingerprint density at radius 1 is 0.868 bits per heavy atom. The maximum absolute atomic E-state index is 11.9. The van der Waals surface area contributed by atoms with Crippen molar-refractivity contribution >= 4 is 11.8 Å². The van der Waals surface area contributed by atoms with Crippen LogP contribution >= 0.6 is 0 Å². The number of carbonyl (C=O) groups is 2. The van der Waals surface area contributed by atoms with E-state index in [1.165, 1.54) is 6.92 Å². The summed E-state index contributed by atoms with van der Waals surface area (Å²) in [5, 5.41) is 65.9. The van der Waals surface area contributed by atoms with Gasteiger partial charge in [0.05, 0.1) is 19.8 Å². The van der Waals surface area contributed by atoms with Gasteiger partial charge >= 0.3 is 0 Å². The van der Waals surface area contributed by atoms with E-state index in [1.807, 2.05) is 0 Å². The quantitative estimate of drug-likeness (QED) is 0.0875. The second kappa shape index (κ2) is 16.6. The lowest BCUT2D eigenvalue weighted by molar-refractivity contribution is -0.348. The van der Waals surface area contributed by atoms with Crippen molar-refractivity contribution in [3.63, 3.8) is 0 Å². The molecule has 0 aromatic carbocycles. The Morgan fingerprint density at radius 3 is 2.18 bits per heavy atom. The molecule has 2 amide bonds. The summed E-state index contributed by atoms with van der Waals surface area (Å²) in [7, 11) is 0. The first-order valence-electron chi connectivity index (χ1n) is 12.9. The Labute approximate surface area is 221 Å². The van der Waals surface area contributed by atoms with Crippen LogP contribution in [0.4, 0.5) is 0 Å². The third kappa shape index (κ3) is 9.31. The van der Waals surface area contributed by atoms with Crippen molar-refractivity contribution in [2.24, 2.45) is 5.73 Å². The van der Waals surface area contributed by atoms with Crippen LogP contribution in [-0.2, 0) is 28.5 Å². The van der Waals surface area contributed by atoms with Crippen LogP contribution < -0.4 is 16.4 Å². The van der Waals surface area contributed by atoms with Crippen LogP contribution in [0.2, 0.25) is 0 Å². The number of hydrogen-bond acceptors (Lipinski definition) is 13. The number of unbranched alkanes of at least 4 members (excludes halogenated alkanes) is 2. The van der Waals surface area contributed by atoms with Crippen LogP contribution in [0.15, 0.2) is 0 Å². The van der Waals surface area contributed by atoms with Gasteiger partial charge in [-0.15, -0.1) is 0 Å². The summed E-state index contributed by atoms with van der Waals surface area (Å²) in [6.45, 7) is 0.912. The lowest BCUT2D eigenvalue weighted by Gasteiger charge is -2.47. The van der Waals surface area contributed by atoms with Crippen molar-refractivity contribution in [2.75, 3.05) is 32.9 Å². The predicted octanol–water partition coefficient (Wildman–Crippen LogP) is -4.20. The summed E-state index contributed by atoms with van der Waals surface area (Å²) in [4.78, 5) is 23.7. The van der Waals surface area contributed by atoms with E-state index in [4.69, 9.17) is 24.7 Å². The predicted molar refractivity (Wildman–Crippen MR) is 129 cm³/mol. The highest BCUT2D eigenvalue weighted by Crippen LogP contribution is 2.29. The minimum atomic E-state index is -1.75. The van der Waals surface area contributed by atoms with Crippen LogP contribution in [0, 0.1) is 0 Å². The lowest BCUT2D eigenvalue weighted by Crippen LogP contribution is -2.67. The number of hydrogen-bond donors (Lipinski definition) is 9. The summed E-state index contributed by atoms with van der Waals surface area (Å²) < 4.78 is 22.4. The molecule has 10 N–H and O–H groups in total. The molecule has 38 heavy (non-hydrogen) atoms. The molecule has 15 nitrogen and oxygen atoms in total. The van der Waals surface area contributed by atoms with Crippen molar-refractivity contribution in [1.29, 1.82) is 0 Å². The second-order valence-electron chi connectivity index (χ2n) is 9.41. The largest absolute Gasteiger partial charge is 0.394 e. The van der Waals surface area contributed by atoms with Gasteiger partial charge in [-0.2, -0.15) is 0 Å². The van der Waals surface area contributed by atoms with E-state index in [2.05, 4.69) is 10.6 Å². The highest BCUT2D eigenvalue weighted by Gasteiger charge is 2.51. The number of aliphatic hydroxyl groups excluding tert-OH is 6. The highest BCUT2D eigenvalue weighted by molar-refractivity contribution is 5.75. The maximum atomic E-state index is 11.9. The van der Waals surface area contributed by atoms with Crippen LogP contribution in [0.3, 0.4) is 0 Å². The molecule has 15 heteroatoms. The van der Waals surface area contributed by atoms with Crippen LogP contribution in [-0.4, -0.2) is 137 Å². The molecule has 2 fully saturated rings. The summed E-state index contributed by atoms with van der Waals surface area (Å²) >= 11 is 0. The van der Waals surface area contributed by atoms with Gasteiger partial charge in [0.15, 0.2) is 12.6 Å². The third-order valence-electron chi connectivity index (χ3n) is 6.40. The van der Waals surface area contributed by atoms with Gasteiger partial charge in [0, 0.05) is 19.9 Å². The fourth-order valence-corrected chi connectivity index (χ4v) is 4.29. The van der Waals surface area contributed by atoms with Gasteiger partial charge < -0.3 is 66.0 Å². The molecule has 2 rings (SSSR count). The van der Waals surface area contributed by atoms with E-state index in [0.29, 0.717) is 25.9 Å². The van der Waals surface area contributed by atoms with E-state index in [0.717, 1.165) is 19.3 Å². The van der Waals surface area contributed by atoms with Gasteiger partial charge in [-0.25, -0.2) is 0 Å². The van der Waals surface area contributed by atoms with Crippen LogP contribution in [0.5, 0.6) is 0 Å². The van der Waals surface area contributed by atoms with E-state index >= 15 is 0 Å². The first kappa shape index (κ1) is 32.7. The van der Waals surface area contributed by atoms with Crippen LogP contribution in [0.25, 0.3) is 0 Å². The molecule has 222 valence electrons. The van der Waals surface area contributed by atoms with Gasteiger partial charge in [-0.3, -0.25) is 9.59 Å². The molecular formula is C23H43N3O12. The first-order chi connectivity index (χ1) is 18.1. The van der Waals surface area contributed by atoms with Crippen molar-refractivity contribution in [1.82, 2.24) is 10.6 Å². The molecular weight excluding hydrogens is 510 g/mol. The summed E-state index contributed by atoms with van der Waals surface area (Å²) in [6, 6.07) is -1.15. The van der Waals surface area contributed by atoms with E-state index in [-0.39, 0.29) is 12.5 Å². The van der Waals surface area contributed by atoms with Gasteiger partial charge in [0.1, 0.15) is 48.8 Å². The molecule has 10 atom stereocenters. The molecule has 2 heterocycles. The molecule has 2 aliphatic heterocycles. The third-order valence-corrected chi connectivity index (χ3v) is 6.40. The molecule has 0 radical (unpaired) electrons. The molecule has 2 aliphatic rings. The first-order valence-corrected chi connectivity index (χ1v) is 12.9. The fraction of sp³-hybridized carbons (Fsp3) is 0.913. The van der Waals surface area contributed by atoms with Gasteiger partial charge in [-0.05, 0) is 25.8 Å².